The highest BCUT2D eigenvalue weighted by atomic mass is 16.9. The maximum Gasteiger partial charge on any atom is 0.453 e. The molecule has 0 heterocycles. The molecule has 0 aromatic rings. The van der Waals surface area contributed by atoms with Crippen molar-refractivity contribution in [3.05, 3.63) is 47.7 Å². The zero-order chi connectivity index (χ0) is 29.0. The SMILES string of the molecule is C=C(C)C(=O)OCC(O/C1=C/CCCCCCCC1)(O/C1=C/CCCCCCCC1)O/C1=C/CCCCCCCC1. The molecule has 3 aliphatic rings. The summed E-state index contributed by atoms with van der Waals surface area (Å²) >= 11 is 0. The van der Waals surface area contributed by atoms with Crippen molar-refractivity contribution in [2.75, 3.05) is 6.61 Å². The summed E-state index contributed by atoms with van der Waals surface area (Å²) < 4.78 is 26.3. The van der Waals surface area contributed by atoms with Gasteiger partial charge in [-0.15, -0.1) is 0 Å². The highest BCUT2D eigenvalue weighted by molar-refractivity contribution is 5.86. The Labute approximate surface area is 250 Å². The van der Waals surface area contributed by atoms with Crippen LogP contribution in [0, 0.1) is 0 Å². The van der Waals surface area contributed by atoms with Crippen LogP contribution < -0.4 is 0 Å². The van der Waals surface area contributed by atoms with Crippen molar-refractivity contribution in [2.24, 2.45) is 0 Å². The number of allylic oxidation sites excluding steroid dienone is 6. The van der Waals surface area contributed by atoms with Crippen LogP contribution in [0.15, 0.2) is 47.7 Å². The van der Waals surface area contributed by atoms with Gasteiger partial charge in [-0.2, -0.15) is 0 Å². The first kappa shape index (κ1) is 33.3. The van der Waals surface area contributed by atoms with E-state index in [1.165, 1.54) is 77.0 Å². The number of ether oxygens (including phenoxy) is 4. The smallest absolute Gasteiger partial charge is 0.449 e. The first-order valence-corrected chi connectivity index (χ1v) is 17.0. The summed E-state index contributed by atoms with van der Waals surface area (Å²) in [6.07, 6.45) is 33.8. The lowest BCUT2D eigenvalue weighted by atomic mass is 10.0. The minimum absolute atomic E-state index is 0.148. The lowest BCUT2D eigenvalue weighted by Gasteiger charge is -2.36. The van der Waals surface area contributed by atoms with Gasteiger partial charge >= 0.3 is 11.9 Å². The van der Waals surface area contributed by atoms with E-state index in [1.54, 1.807) is 6.92 Å². The molecule has 3 aliphatic carbocycles. The molecule has 5 heteroatoms. The number of carbonyl (C=O) groups excluding carboxylic acids is 1. The van der Waals surface area contributed by atoms with Crippen molar-refractivity contribution >= 4 is 5.97 Å². The van der Waals surface area contributed by atoms with Crippen LogP contribution in [0.1, 0.15) is 161 Å². The molecule has 0 amide bonds. The fraction of sp³-hybridized carbons (Fsp3) is 0.750. The second-order valence-corrected chi connectivity index (χ2v) is 12.3. The minimum Gasteiger partial charge on any atom is -0.449 e. The maximum atomic E-state index is 12.7. The molecule has 3 rings (SSSR count). The summed E-state index contributed by atoms with van der Waals surface area (Å²) in [7, 11) is 0. The van der Waals surface area contributed by atoms with Gasteiger partial charge in [-0.25, -0.2) is 4.79 Å². The molecule has 0 aliphatic heterocycles. The second kappa shape index (κ2) is 19.9. The van der Waals surface area contributed by atoms with Crippen molar-refractivity contribution < 1.29 is 23.7 Å². The Morgan fingerprint density at radius 3 is 1.24 bits per heavy atom. The zero-order valence-electron chi connectivity index (χ0n) is 26.2. The van der Waals surface area contributed by atoms with Crippen molar-refractivity contribution in [1.82, 2.24) is 0 Å². The molecule has 41 heavy (non-hydrogen) atoms. The lowest BCUT2D eigenvalue weighted by molar-refractivity contribution is -0.352. The predicted octanol–water partition coefficient (Wildman–Crippen LogP) is 10.9. The third-order valence-corrected chi connectivity index (χ3v) is 8.34. The third kappa shape index (κ3) is 14.0. The van der Waals surface area contributed by atoms with Crippen LogP contribution >= 0.6 is 0 Å². The van der Waals surface area contributed by atoms with E-state index in [1.807, 2.05) is 0 Å². The van der Waals surface area contributed by atoms with Crippen LogP contribution in [0.4, 0.5) is 0 Å². The van der Waals surface area contributed by atoms with Crippen LogP contribution in [-0.2, 0) is 23.7 Å². The highest BCUT2D eigenvalue weighted by Crippen LogP contribution is 2.34. The second-order valence-electron chi connectivity index (χ2n) is 12.3. The molecule has 0 aromatic heterocycles. The van der Waals surface area contributed by atoms with Crippen LogP contribution in [0.5, 0.6) is 0 Å². The summed E-state index contributed by atoms with van der Waals surface area (Å²) in [4.78, 5) is 12.7. The summed E-state index contributed by atoms with van der Waals surface area (Å²) in [5, 5.41) is 0. The third-order valence-electron chi connectivity index (χ3n) is 8.34. The van der Waals surface area contributed by atoms with Gasteiger partial charge in [0.15, 0.2) is 0 Å². The van der Waals surface area contributed by atoms with Gasteiger partial charge in [0, 0.05) is 24.8 Å². The van der Waals surface area contributed by atoms with Gasteiger partial charge in [-0.1, -0.05) is 83.6 Å². The lowest BCUT2D eigenvalue weighted by Crippen LogP contribution is -2.44. The Bertz CT molecular complexity index is 779. The van der Waals surface area contributed by atoms with Gasteiger partial charge in [0.25, 0.3) is 0 Å². The van der Waals surface area contributed by atoms with Crippen molar-refractivity contribution in [3.63, 3.8) is 0 Å². The molecule has 0 fully saturated rings. The standard InChI is InChI=1S/C36H58O5/c1-31(2)35(37)38-30-36(39-32-24-18-12-6-3-7-13-19-25-32,40-33-26-20-14-8-4-9-15-21-27-33)41-34-28-22-16-10-5-11-17-23-29-34/h24,26,28H,1,3-23,25,27,29-30H2,2H3/b32-24+,33-26+,34-28+. The molecule has 0 N–H and O–H groups in total. The highest BCUT2D eigenvalue weighted by Gasteiger charge is 2.42. The number of esters is 1. The molecule has 0 atom stereocenters. The van der Waals surface area contributed by atoms with Crippen LogP contribution in [0.25, 0.3) is 0 Å². The summed E-state index contributed by atoms with van der Waals surface area (Å²) in [6, 6.07) is 0. The molecule has 0 radical (unpaired) electrons. The van der Waals surface area contributed by atoms with Gasteiger partial charge in [0.2, 0.25) is 6.61 Å². The molecule has 0 saturated heterocycles. The molecule has 0 spiro atoms. The van der Waals surface area contributed by atoms with Crippen LogP contribution in [0.2, 0.25) is 0 Å². The summed E-state index contributed by atoms with van der Waals surface area (Å²) in [5.74, 6) is 0.648. The Kier molecular flexibility index (Phi) is 16.1. The van der Waals surface area contributed by atoms with Crippen LogP contribution in [0.3, 0.4) is 0 Å². The molecule has 0 bridgehead atoms. The first-order valence-electron chi connectivity index (χ1n) is 17.0. The van der Waals surface area contributed by atoms with Crippen molar-refractivity contribution in [2.45, 2.75) is 167 Å². The fourth-order valence-corrected chi connectivity index (χ4v) is 5.85. The average molecular weight is 571 g/mol. The van der Waals surface area contributed by atoms with E-state index in [9.17, 15) is 4.79 Å². The Balaban J connectivity index is 1.96. The van der Waals surface area contributed by atoms with Gasteiger partial charge in [-0.05, 0) is 82.9 Å². The van der Waals surface area contributed by atoms with E-state index < -0.39 is 11.9 Å². The number of hydrogen-bond donors (Lipinski definition) is 0. The molecule has 232 valence electrons. The topological polar surface area (TPSA) is 54.0 Å². The van der Waals surface area contributed by atoms with Gasteiger partial charge in [0.05, 0.1) is 0 Å². The molecule has 0 unspecified atom stereocenters. The van der Waals surface area contributed by atoms with E-state index >= 15 is 0 Å². The van der Waals surface area contributed by atoms with E-state index in [4.69, 9.17) is 18.9 Å². The Morgan fingerprint density at radius 2 is 0.902 bits per heavy atom. The van der Waals surface area contributed by atoms with Crippen molar-refractivity contribution in [3.8, 4) is 0 Å². The predicted molar refractivity (Wildman–Crippen MR) is 167 cm³/mol. The van der Waals surface area contributed by atoms with Gasteiger partial charge in [0.1, 0.15) is 17.3 Å². The van der Waals surface area contributed by atoms with E-state index in [-0.39, 0.29) is 6.61 Å². The monoisotopic (exact) mass is 570 g/mol. The molecule has 0 aromatic carbocycles. The van der Waals surface area contributed by atoms with Gasteiger partial charge in [-0.3, -0.25) is 0 Å². The number of carbonyl (C=O) groups is 1. The number of hydrogen-bond acceptors (Lipinski definition) is 5. The maximum absolute atomic E-state index is 12.7. The normalized spacial score (nSPS) is 25.0. The average Bonchev–Trinajstić information content (AvgIpc) is 2.97. The molecule has 0 saturated carbocycles. The van der Waals surface area contributed by atoms with E-state index in [0.717, 1.165) is 94.3 Å². The Morgan fingerprint density at radius 1 is 0.585 bits per heavy atom. The van der Waals surface area contributed by atoms with E-state index in [0.29, 0.717) is 5.57 Å². The first-order chi connectivity index (χ1) is 20.1. The largest absolute Gasteiger partial charge is 0.453 e. The molecular formula is C36H58O5. The molecular weight excluding hydrogens is 512 g/mol. The molecule has 5 nitrogen and oxygen atoms in total. The van der Waals surface area contributed by atoms with Crippen LogP contribution in [-0.4, -0.2) is 18.5 Å². The minimum atomic E-state index is -1.56. The fourth-order valence-electron chi connectivity index (χ4n) is 5.85. The summed E-state index contributed by atoms with van der Waals surface area (Å²) in [6.45, 7) is 5.32. The number of rotatable bonds is 9. The quantitative estimate of drug-likeness (QED) is 0.157. The Hall–Kier alpha value is -2.17. The van der Waals surface area contributed by atoms with Crippen molar-refractivity contribution in [1.29, 1.82) is 0 Å². The summed E-state index contributed by atoms with van der Waals surface area (Å²) in [5.41, 5.74) is 0.354. The zero-order valence-corrected chi connectivity index (χ0v) is 26.2. The van der Waals surface area contributed by atoms with Gasteiger partial charge < -0.3 is 18.9 Å². The van der Waals surface area contributed by atoms with E-state index in [2.05, 4.69) is 24.8 Å².